The van der Waals surface area contributed by atoms with Gasteiger partial charge in [-0.3, -0.25) is 0 Å². The van der Waals surface area contributed by atoms with Gasteiger partial charge in [0.15, 0.2) is 0 Å². The van der Waals surface area contributed by atoms with E-state index in [-0.39, 0.29) is 0 Å². The molecular weight excluding hydrogens is 176 g/mol. The third kappa shape index (κ3) is 11.9. The molecule has 0 aliphatic rings. The maximum atomic E-state index is 5.24. The molecule has 0 bridgehead atoms. The summed E-state index contributed by atoms with van der Waals surface area (Å²) in [6, 6.07) is 0. The van der Waals surface area contributed by atoms with E-state index >= 15 is 0 Å². The summed E-state index contributed by atoms with van der Waals surface area (Å²) in [6.07, 6.45) is 5.05. The van der Waals surface area contributed by atoms with Crippen molar-refractivity contribution in [1.82, 2.24) is 0 Å². The fourth-order valence-electron chi connectivity index (χ4n) is 1.35. The molecule has 0 spiro atoms. The minimum atomic E-state index is 0.433. The zero-order chi connectivity index (χ0) is 11.2. The van der Waals surface area contributed by atoms with Crippen LogP contribution in [0.3, 0.4) is 0 Å². The minimum absolute atomic E-state index is 0.433. The summed E-state index contributed by atoms with van der Waals surface area (Å²) in [7, 11) is 1.66. The van der Waals surface area contributed by atoms with Crippen LogP contribution < -0.4 is 0 Å². The molecular formula is C12H28O2. The second-order valence-electron chi connectivity index (χ2n) is 3.17. The molecule has 0 saturated heterocycles. The Bertz CT molecular complexity index is 84.4. The largest absolute Gasteiger partial charge is 0.359 e. The van der Waals surface area contributed by atoms with Gasteiger partial charge in [-0.1, -0.05) is 47.0 Å². The summed E-state index contributed by atoms with van der Waals surface area (Å²) in [5.41, 5.74) is 0. The molecule has 1 unspecified atom stereocenters. The van der Waals surface area contributed by atoms with Gasteiger partial charge < -0.3 is 9.47 Å². The Morgan fingerprint density at radius 3 is 2.14 bits per heavy atom. The number of rotatable bonds is 8. The molecule has 0 radical (unpaired) electrons. The zero-order valence-electron chi connectivity index (χ0n) is 10.6. The van der Waals surface area contributed by atoms with Crippen LogP contribution in [0.1, 0.15) is 53.4 Å². The molecule has 88 valence electrons. The molecule has 0 amide bonds. The van der Waals surface area contributed by atoms with E-state index in [0.717, 1.165) is 12.5 Å². The lowest BCUT2D eigenvalue weighted by atomic mass is 9.98. The third-order valence-electron chi connectivity index (χ3n) is 2.15. The average Bonchev–Trinajstić information content (AvgIpc) is 2.25. The van der Waals surface area contributed by atoms with Crippen LogP contribution in [0, 0.1) is 5.92 Å². The molecule has 0 aromatic rings. The third-order valence-corrected chi connectivity index (χ3v) is 2.15. The minimum Gasteiger partial charge on any atom is -0.359 e. The van der Waals surface area contributed by atoms with E-state index in [4.69, 9.17) is 9.47 Å². The fraction of sp³-hybridized carbons (Fsp3) is 1.00. The summed E-state index contributed by atoms with van der Waals surface area (Å²) >= 11 is 0. The molecule has 14 heavy (non-hydrogen) atoms. The Kier molecular flexibility index (Phi) is 18.0. The number of hydrogen-bond donors (Lipinski definition) is 0. The lowest BCUT2D eigenvalue weighted by molar-refractivity contribution is -0.0348. The molecule has 0 N–H and O–H groups in total. The molecule has 0 fully saturated rings. The highest BCUT2D eigenvalue weighted by atomic mass is 16.7. The van der Waals surface area contributed by atoms with Crippen LogP contribution in [0.25, 0.3) is 0 Å². The Hall–Kier alpha value is -0.0800. The summed E-state index contributed by atoms with van der Waals surface area (Å²) in [5, 5.41) is 0. The smallest absolute Gasteiger partial charge is 0.146 e. The highest BCUT2D eigenvalue weighted by Crippen LogP contribution is 2.14. The highest BCUT2D eigenvalue weighted by molar-refractivity contribution is 4.55. The second kappa shape index (κ2) is 15.4. The summed E-state index contributed by atoms with van der Waals surface area (Å²) < 4.78 is 10.0. The second-order valence-corrected chi connectivity index (χ2v) is 3.17. The van der Waals surface area contributed by atoms with Crippen molar-refractivity contribution in [2.45, 2.75) is 53.4 Å². The first-order chi connectivity index (χ1) is 6.85. The van der Waals surface area contributed by atoms with E-state index in [2.05, 4.69) is 13.8 Å². The van der Waals surface area contributed by atoms with Gasteiger partial charge in [-0.2, -0.15) is 0 Å². The van der Waals surface area contributed by atoms with Gasteiger partial charge in [0.25, 0.3) is 0 Å². The van der Waals surface area contributed by atoms with E-state index in [1.165, 1.54) is 25.7 Å². The van der Waals surface area contributed by atoms with E-state index in [0.29, 0.717) is 6.79 Å². The Morgan fingerprint density at radius 2 is 1.71 bits per heavy atom. The van der Waals surface area contributed by atoms with E-state index in [1.807, 2.05) is 13.8 Å². The lowest BCUT2D eigenvalue weighted by Crippen LogP contribution is -2.05. The topological polar surface area (TPSA) is 18.5 Å². The van der Waals surface area contributed by atoms with Crippen LogP contribution in [-0.4, -0.2) is 20.5 Å². The van der Waals surface area contributed by atoms with Crippen molar-refractivity contribution >= 4 is 0 Å². The maximum Gasteiger partial charge on any atom is 0.146 e. The average molecular weight is 204 g/mol. The SMILES string of the molecule is CC.CCCC(CC)CCOCOC. The fourth-order valence-corrected chi connectivity index (χ4v) is 1.35. The van der Waals surface area contributed by atoms with Crippen molar-refractivity contribution in [1.29, 1.82) is 0 Å². The van der Waals surface area contributed by atoms with E-state index < -0.39 is 0 Å². The molecule has 0 aromatic heterocycles. The van der Waals surface area contributed by atoms with Gasteiger partial charge >= 0.3 is 0 Å². The number of hydrogen-bond acceptors (Lipinski definition) is 2. The van der Waals surface area contributed by atoms with Crippen LogP contribution in [0.2, 0.25) is 0 Å². The zero-order valence-corrected chi connectivity index (χ0v) is 10.6. The van der Waals surface area contributed by atoms with Crippen molar-refractivity contribution in [2.24, 2.45) is 5.92 Å². The molecule has 0 aliphatic heterocycles. The monoisotopic (exact) mass is 204 g/mol. The van der Waals surface area contributed by atoms with Gasteiger partial charge in [0, 0.05) is 13.7 Å². The van der Waals surface area contributed by atoms with Crippen LogP contribution in [-0.2, 0) is 9.47 Å². The molecule has 1 atom stereocenters. The van der Waals surface area contributed by atoms with Crippen molar-refractivity contribution in [3.05, 3.63) is 0 Å². The summed E-state index contributed by atoms with van der Waals surface area (Å²) in [4.78, 5) is 0. The van der Waals surface area contributed by atoms with Crippen LogP contribution in [0.4, 0.5) is 0 Å². The Labute approximate surface area is 90.0 Å². The molecule has 2 heteroatoms. The first-order valence-electron chi connectivity index (χ1n) is 5.91. The standard InChI is InChI=1S/C10H22O2.C2H6/c1-4-6-10(5-2)7-8-12-9-11-3;1-2/h10H,4-9H2,1-3H3;1-2H3. The maximum absolute atomic E-state index is 5.24. The molecule has 0 aromatic carbocycles. The van der Waals surface area contributed by atoms with Gasteiger partial charge in [-0.25, -0.2) is 0 Å². The summed E-state index contributed by atoms with van der Waals surface area (Å²) in [6.45, 7) is 9.75. The normalized spacial score (nSPS) is 11.8. The Morgan fingerprint density at radius 1 is 1.07 bits per heavy atom. The predicted molar refractivity (Wildman–Crippen MR) is 62.5 cm³/mol. The number of methoxy groups -OCH3 is 1. The van der Waals surface area contributed by atoms with E-state index in [1.54, 1.807) is 7.11 Å². The van der Waals surface area contributed by atoms with Gasteiger partial charge in [-0.05, 0) is 12.3 Å². The van der Waals surface area contributed by atoms with Crippen molar-refractivity contribution in [2.75, 3.05) is 20.5 Å². The van der Waals surface area contributed by atoms with Gasteiger partial charge in [-0.15, -0.1) is 0 Å². The van der Waals surface area contributed by atoms with Crippen molar-refractivity contribution < 1.29 is 9.47 Å². The lowest BCUT2D eigenvalue weighted by Gasteiger charge is -2.12. The van der Waals surface area contributed by atoms with Gasteiger partial charge in [0.2, 0.25) is 0 Å². The quantitative estimate of drug-likeness (QED) is 0.441. The molecule has 0 heterocycles. The van der Waals surface area contributed by atoms with Crippen molar-refractivity contribution in [3.8, 4) is 0 Å². The molecule has 0 aliphatic carbocycles. The molecule has 0 saturated carbocycles. The molecule has 2 nitrogen and oxygen atoms in total. The first-order valence-corrected chi connectivity index (χ1v) is 5.91. The van der Waals surface area contributed by atoms with Gasteiger partial charge in [0.1, 0.15) is 6.79 Å². The van der Waals surface area contributed by atoms with E-state index in [9.17, 15) is 0 Å². The summed E-state index contributed by atoms with van der Waals surface area (Å²) in [5.74, 6) is 0.840. The first kappa shape index (κ1) is 16.4. The number of ether oxygens (including phenoxy) is 2. The Balaban J connectivity index is 0. The van der Waals surface area contributed by atoms with Crippen molar-refractivity contribution in [3.63, 3.8) is 0 Å². The van der Waals surface area contributed by atoms with Crippen LogP contribution >= 0.6 is 0 Å². The van der Waals surface area contributed by atoms with Crippen LogP contribution in [0.5, 0.6) is 0 Å². The predicted octanol–water partition coefficient (Wildman–Crippen LogP) is 3.85. The van der Waals surface area contributed by atoms with Crippen LogP contribution in [0.15, 0.2) is 0 Å². The highest BCUT2D eigenvalue weighted by Gasteiger charge is 2.03. The van der Waals surface area contributed by atoms with Gasteiger partial charge in [0.05, 0.1) is 0 Å². The molecule has 0 rings (SSSR count).